The van der Waals surface area contributed by atoms with Crippen LogP contribution in [0.15, 0.2) is 23.0 Å². The largest absolute Gasteiger partial charge is 0.358 e. The van der Waals surface area contributed by atoms with E-state index in [1.165, 1.54) is 12.1 Å². The van der Waals surface area contributed by atoms with Crippen LogP contribution >= 0.6 is 0 Å². The number of nitrogens with one attached hydrogen (secondary N) is 1. The van der Waals surface area contributed by atoms with Crippen LogP contribution in [0.25, 0.3) is 10.9 Å². The third kappa shape index (κ3) is 3.50. The summed E-state index contributed by atoms with van der Waals surface area (Å²) in [5.41, 5.74) is 2.25. The number of aryl methyl sites for hydroxylation is 1. The number of hydrogen-bond donors (Lipinski definition) is 1. The molecular weight excluding hydrogens is 267 g/mol. The van der Waals surface area contributed by atoms with E-state index in [1.807, 2.05) is 6.92 Å². The first-order valence-corrected chi connectivity index (χ1v) is 7.60. The standard InChI is InChI=1S/C17H23FN2O/c1-4-6-9-20(5-2)11-15-12(3)19-16-8-7-13(18)10-14(16)17(15)21/h7-8,10H,4-6,9,11H2,1-3H3,(H,19,21). The first-order valence-electron chi connectivity index (χ1n) is 7.60. The molecule has 0 bridgehead atoms. The Bertz CT molecular complexity index is 678. The van der Waals surface area contributed by atoms with Gasteiger partial charge in [0.15, 0.2) is 5.43 Å². The van der Waals surface area contributed by atoms with Crippen molar-refractivity contribution in [1.29, 1.82) is 0 Å². The highest BCUT2D eigenvalue weighted by Gasteiger charge is 2.13. The molecule has 4 heteroatoms. The second kappa shape index (κ2) is 6.85. The van der Waals surface area contributed by atoms with Crippen molar-refractivity contribution in [3.8, 4) is 0 Å². The molecule has 1 N–H and O–H groups in total. The Kier molecular flexibility index (Phi) is 5.12. The molecule has 1 heterocycles. The lowest BCUT2D eigenvalue weighted by Crippen LogP contribution is -2.28. The zero-order valence-electron chi connectivity index (χ0n) is 13.0. The molecule has 3 nitrogen and oxygen atoms in total. The van der Waals surface area contributed by atoms with Crippen molar-refractivity contribution in [2.75, 3.05) is 13.1 Å². The molecule has 0 atom stereocenters. The molecule has 1 aromatic heterocycles. The SMILES string of the molecule is CCCCN(CC)Cc1c(C)[nH]c2ccc(F)cc2c1=O. The number of H-pyrrole nitrogens is 1. The number of aromatic nitrogens is 1. The maximum Gasteiger partial charge on any atom is 0.194 e. The van der Waals surface area contributed by atoms with E-state index >= 15 is 0 Å². The highest BCUT2D eigenvalue weighted by molar-refractivity contribution is 5.79. The molecule has 2 aromatic rings. The van der Waals surface area contributed by atoms with E-state index in [-0.39, 0.29) is 11.2 Å². The lowest BCUT2D eigenvalue weighted by Gasteiger charge is -2.21. The minimum absolute atomic E-state index is 0.0595. The van der Waals surface area contributed by atoms with Gasteiger partial charge < -0.3 is 4.98 Å². The summed E-state index contributed by atoms with van der Waals surface area (Å²) in [4.78, 5) is 18.1. The smallest absolute Gasteiger partial charge is 0.194 e. The van der Waals surface area contributed by atoms with E-state index in [1.54, 1.807) is 6.07 Å². The Labute approximate surface area is 124 Å². The van der Waals surface area contributed by atoms with Crippen molar-refractivity contribution in [2.24, 2.45) is 0 Å². The summed E-state index contributed by atoms with van der Waals surface area (Å²) < 4.78 is 13.4. The fourth-order valence-electron chi connectivity index (χ4n) is 2.57. The average molecular weight is 290 g/mol. The van der Waals surface area contributed by atoms with Gasteiger partial charge in [-0.1, -0.05) is 20.3 Å². The van der Waals surface area contributed by atoms with Gasteiger partial charge in [0, 0.05) is 28.7 Å². The van der Waals surface area contributed by atoms with E-state index in [0.717, 1.165) is 37.2 Å². The predicted octanol–water partition coefficient (Wildman–Crippen LogP) is 3.60. The average Bonchev–Trinajstić information content (AvgIpc) is 2.47. The Hall–Kier alpha value is -1.68. The van der Waals surface area contributed by atoms with Gasteiger partial charge in [-0.2, -0.15) is 0 Å². The Morgan fingerprint density at radius 3 is 2.71 bits per heavy atom. The fourth-order valence-corrected chi connectivity index (χ4v) is 2.57. The second-order valence-electron chi connectivity index (χ2n) is 5.47. The van der Waals surface area contributed by atoms with Crippen LogP contribution in [0.3, 0.4) is 0 Å². The lowest BCUT2D eigenvalue weighted by molar-refractivity contribution is 0.274. The van der Waals surface area contributed by atoms with Gasteiger partial charge in [0.2, 0.25) is 0 Å². The van der Waals surface area contributed by atoms with Crippen LogP contribution in [0.2, 0.25) is 0 Å². The molecule has 0 aliphatic heterocycles. The number of fused-ring (bicyclic) bond motifs is 1. The summed E-state index contributed by atoms with van der Waals surface area (Å²) in [5, 5.41) is 0.433. The number of hydrogen-bond acceptors (Lipinski definition) is 2. The van der Waals surface area contributed by atoms with E-state index in [2.05, 4.69) is 23.7 Å². The summed E-state index contributed by atoms with van der Waals surface area (Å²) in [6.07, 6.45) is 2.25. The minimum Gasteiger partial charge on any atom is -0.358 e. The summed E-state index contributed by atoms with van der Waals surface area (Å²) in [6.45, 7) is 8.66. The van der Waals surface area contributed by atoms with Crippen molar-refractivity contribution in [1.82, 2.24) is 9.88 Å². The number of nitrogens with zero attached hydrogens (tertiary/aromatic N) is 1. The van der Waals surface area contributed by atoms with E-state index < -0.39 is 0 Å². The molecule has 21 heavy (non-hydrogen) atoms. The van der Waals surface area contributed by atoms with Crippen molar-refractivity contribution < 1.29 is 4.39 Å². The van der Waals surface area contributed by atoms with Gasteiger partial charge in [-0.25, -0.2) is 4.39 Å². The van der Waals surface area contributed by atoms with Crippen LogP contribution in [-0.2, 0) is 6.54 Å². The topological polar surface area (TPSA) is 36.1 Å². The monoisotopic (exact) mass is 290 g/mol. The first kappa shape index (κ1) is 15.7. The highest BCUT2D eigenvalue weighted by atomic mass is 19.1. The number of halogens is 1. The van der Waals surface area contributed by atoms with Crippen molar-refractivity contribution in [3.63, 3.8) is 0 Å². The Morgan fingerprint density at radius 2 is 2.05 bits per heavy atom. The first-order chi connectivity index (χ1) is 10.1. The van der Waals surface area contributed by atoms with Gasteiger partial charge in [-0.05, 0) is 44.6 Å². The van der Waals surface area contributed by atoms with Gasteiger partial charge in [-0.3, -0.25) is 9.69 Å². The van der Waals surface area contributed by atoms with Crippen LogP contribution < -0.4 is 5.43 Å². The van der Waals surface area contributed by atoms with Crippen molar-refractivity contribution in [2.45, 2.75) is 40.2 Å². The summed E-state index contributed by atoms with van der Waals surface area (Å²) >= 11 is 0. The lowest BCUT2D eigenvalue weighted by atomic mass is 10.1. The van der Waals surface area contributed by atoms with E-state index in [4.69, 9.17) is 0 Å². The number of benzene rings is 1. The molecular formula is C17H23FN2O. The third-order valence-corrected chi connectivity index (χ3v) is 3.93. The zero-order chi connectivity index (χ0) is 15.4. The molecule has 0 fully saturated rings. The maximum absolute atomic E-state index is 13.4. The van der Waals surface area contributed by atoms with Crippen LogP contribution in [0, 0.1) is 12.7 Å². The molecule has 0 saturated carbocycles. The van der Waals surface area contributed by atoms with Crippen molar-refractivity contribution in [3.05, 3.63) is 45.5 Å². The molecule has 2 rings (SSSR count). The zero-order valence-corrected chi connectivity index (χ0v) is 13.0. The van der Waals surface area contributed by atoms with Gasteiger partial charge in [0.25, 0.3) is 0 Å². The van der Waals surface area contributed by atoms with Crippen molar-refractivity contribution >= 4 is 10.9 Å². The minimum atomic E-state index is -0.374. The molecule has 0 unspecified atom stereocenters. The molecule has 0 aliphatic carbocycles. The van der Waals surface area contributed by atoms with E-state index in [9.17, 15) is 9.18 Å². The van der Waals surface area contributed by atoms with Gasteiger partial charge >= 0.3 is 0 Å². The van der Waals surface area contributed by atoms with E-state index in [0.29, 0.717) is 17.4 Å². The normalized spacial score (nSPS) is 11.5. The summed E-state index contributed by atoms with van der Waals surface area (Å²) in [5.74, 6) is -0.374. The molecule has 1 aromatic carbocycles. The highest BCUT2D eigenvalue weighted by Crippen LogP contribution is 2.14. The number of unbranched alkanes of at least 4 members (excludes halogenated alkanes) is 1. The Morgan fingerprint density at radius 1 is 1.29 bits per heavy atom. The quantitative estimate of drug-likeness (QED) is 0.882. The van der Waals surface area contributed by atoms with Crippen LogP contribution in [0.1, 0.15) is 37.9 Å². The predicted molar refractivity (Wildman–Crippen MR) is 85.1 cm³/mol. The molecule has 0 aliphatic rings. The summed E-state index contributed by atoms with van der Waals surface area (Å²) in [6, 6.07) is 4.31. The molecule has 0 amide bonds. The molecule has 114 valence electrons. The summed E-state index contributed by atoms with van der Waals surface area (Å²) in [7, 11) is 0. The Balaban J connectivity index is 2.41. The molecule has 0 spiro atoms. The third-order valence-electron chi connectivity index (χ3n) is 3.93. The van der Waals surface area contributed by atoms with Crippen LogP contribution in [0.5, 0.6) is 0 Å². The molecule has 0 radical (unpaired) electrons. The van der Waals surface area contributed by atoms with Gasteiger partial charge in [-0.15, -0.1) is 0 Å². The van der Waals surface area contributed by atoms with Gasteiger partial charge in [0.1, 0.15) is 5.82 Å². The number of aromatic amines is 1. The fraction of sp³-hybridized carbons (Fsp3) is 0.471. The number of pyridine rings is 1. The molecule has 0 saturated heterocycles. The number of rotatable bonds is 6. The van der Waals surface area contributed by atoms with Gasteiger partial charge in [0.05, 0.1) is 0 Å². The van der Waals surface area contributed by atoms with Crippen LogP contribution in [-0.4, -0.2) is 23.0 Å². The maximum atomic E-state index is 13.4. The van der Waals surface area contributed by atoms with Crippen LogP contribution in [0.4, 0.5) is 4.39 Å². The second-order valence-corrected chi connectivity index (χ2v) is 5.47.